The van der Waals surface area contributed by atoms with Crippen LogP contribution in [0.3, 0.4) is 0 Å². The topological polar surface area (TPSA) is 29.5 Å². The van der Waals surface area contributed by atoms with Crippen LogP contribution >= 0.6 is 0 Å². The third kappa shape index (κ3) is 5.51. The summed E-state index contributed by atoms with van der Waals surface area (Å²) in [4.78, 5) is 0. The fourth-order valence-corrected chi connectivity index (χ4v) is 3.82. The van der Waals surface area contributed by atoms with Crippen LogP contribution < -0.4 is 4.74 Å². The molecule has 1 aromatic carbocycles. The maximum Gasteiger partial charge on any atom is 0.126 e. The summed E-state index contributed by atoms with van der Waals surface area (Å²) >= 11 is 0. The van der Waals surface area contributed by atoms with Crippen molar-refractivity contribution in [2.75, 3.05) is 13.7 Å². The fraction of sp³-hybridized carbons (Fsp3) is 0.727. The molecule has 0 saturated carbocycles. The van der Waals surface area contributed by atoms with Gasteiger partial charge in [0.05, 0.1) is 7.11 Å². The summed E-state index contributed by atoms with van der Waals surface area (Å²) in [6.07, 6.45) is 2.79. The maximum atomic E-state index is 9.21. The van der Waals surface area contributed by atoms with E-state index in [1.54, 1.807) is 7.11 Å². The molecule has 0 fully saturated rings. The van der Waals surface area contributed by atoms with Gasteiger partial charge in [0.15, 0.2) is 0 Å². The van der Waals surface area contributed by atoms with Gasteiger partial charge in [0.2, 0.25) is 0 Å². The van der Waals surface area contributed by atoms with Gasteiger partial charge < -0.3 is 9.84 Å². The number of hydrogen-bond acceptors (Lipinski definition) is 2. The van der Waals surface area contributed by atoms with Crippen molar-refractivity contribution in [1.82, 2.24) is 0 Å². The van der Waals surface area contributed by atoms with E-state index in [-0.39, 0.29) is 22.9 Å². The quantitative estimate of drug-likeness (QED) is 0.730. The van der Waals surface area contributed by atoms with E-state index in [0.717, 1.165) is 25.0 Å². The Morgan fingerprint density at radius 2 is 1.46 bits per heavy atom. The van der Waals surface area contributed by atoms with Crippen molar-refractivity contribution < 1.29 is 9.84 Å². The standard InChI is InChI=1S/C22H38O2/c1-20(2,3)15-22(7,8)18-14-16(11-10-12-23)13-17(19(18)24-9)21(4,5)6/h13-14,23H,10-12,15H2,1-9H3. The predicted octanol–water partition coefficient (Wildman–Crippen LogP) is 5.63. The van der Waals surface area contributed by atoms with Gasteiger partial charge in [-0.2, -0.15) is 0 Å². The number of hydrogen-bond donors (Lipinski definition) is 1. The van der Waals surface area contributed by atoms with Gasteiger partial charge in [-0.25, -0.2) is 0 Å². The van der Waals surface area contributed by atoms with Gasteiger partial charge in [0, 0.05) is 17.7 Å². The lowest BCUT2D eigenvalue weighted by Crippen LogP contribution is -2.27. The largest absolute Gasteiger partial charge is 0.496 e. The van der Waals surface area contributed by atoms with Crippen LogP contribution in [0, 0.1) is 5.41 Å². The number of rotatable bonds is 6. The zero-order valence-corrected chi connectivity index (χ0v) is 17.3. The highest BCUT2D eigenvalue weighted by Crippen LogP contribution is 2.45. The lowest BCUT2D eigenvalue weighted by molar-refractivity contribution is 0.275. The number of benzene rings is 1. The van der Waals surface area contributed by atoms with Crippen LogP contribution in [0.4, 0.5) is 0 Å². The smallest absolute Gasteiger partial charge is 0.126 e. The molecule has 0 aliphatic heterocycles. The van der Waals surface area contributed by atoms with E-state index in [2.05, 4.69) is 67.5 Å². The van der Waals surface area contributed by atoms with Crippen LogP contribution in [0.2, 0.25) is 0 Å². The minimum Gasteiger partial charge on any atom is -0.496 e. The first-order chi connectivity index (χ1) is 10.8. The van der Waals surface area contributed by atoms with E-state index < -0.39 is 0 Å². The van der Waals surface area contributed by atoms with E-state index >= 15 is 0 Å². The van der Waals surface area contributed by atoms with Gasteiger partial charge in [0.25, 0.3) is 0 Å². The summed E-state index contributed by atoms with van der Waals surface area (Å²) < 4.78 is 5.91. The first kappa shape index (κ1) is 21.0. The Kier molecular flexibility index (Phi) is 6.55. The van der Waals surface area contributed by atoms with E-state index in [4.69, 9.17) is 4.74 Å². The van der Waals surface area contributed by atoms with E-state index in [1.165, 1.54) is 16.7 Å². The molecular weight excluding hydrogens is 296 g/mol. The van der Waals surface area contributed by atoms with Crippen LogP contribution in [-0.4, -0.2) is 18.8 Å². The summed E-state index contributed by atoms with van der Waals surface area (Å²) in [6.45, 7) is 18.5. The summed E-state index contributed by atoms with van der Waals surface area (Å²) in [5.74, 6) is 1.03. The predicted molar refractivity (Wildman–Crippen MR) is 104 cm³/mol. The third-order valence-corrected chi connectivity index (χ3v) is 4.49. The maximum absolute atomic E-state index is 9.21. The molecule has 0 aliphatic carbocycles. The van der Waals surface area contributed by atoms with Crippen molar-refractivity contribution >= 4 is 0 Å². The summed E-state index contributed by atoms with van der Waals surface area (Å²) in [7, 11) is 1.79. The average molecular weight is 335 g/mol. The molecule has 0 aliphatic rings. The molecule has 0 spiro atoms. The van der Waals surface area contributed by atoms with Crippen molar-refractivity contribution in [3.63, 3.8) is 0 Å². The monoisotopic (exact) mass is 334 g/mol. The third-order valence-electron chi connectivity index (χ3n) is 4.49. The molecule has 2 heteroatoms. The molecule has 0 unspecified atom stereocenters. The number of aliphatic hydroxyl groups excluding tert-OH is 1. The van der Waals surface area contributed by atoms with Gasteiger partial charge in [-0.3, -0.25) is 0 Å². The summed E-state index contributed by atoms with van der Waals surface area (Å²) in [5.41, 5.74) is 4.15. The van der Waals surface area contributed by atoms with E-state index in [9.17, 15) is 5.11 Å². The molecule has 1 aromatic rings. The zero-order valence-electron chi connectivity index (χ0n) is 17.3. The minimum atomic E-state index is 0.0210. The normalized spacial score (nSPS) is 13.2. The van der Waals surface area contributed by atoms with Crippen LogP contribution in [0.5, 0.6) is 5.75 Å². The molecule has 2 nitrogen and oxygen atoms in total. The molecule has 0 saturated heterocycles. The second kappa shape index (κ2) is 7.47. The average Bonchev–Trinajstić information content (AvgIpc) is 2.40. The first-order valence-electron chi connectivity index (χ1n) is 9.14. The van der Waals surface area contributed by atoms with Gasteiger partial charge in [-0.15, -0.1) is 0 Å². The molecule has 0 bridgehead atoms. The molecule has 1 rings (SSSR count). The Labute approximate surface area is 149 Å². The highest BCUT2D eigenvalue weighted by Gasteiger charge is 2.33. The van der Waals surface area contributed by atoms with E-state index in [1.807, 2.05) is 0 Å². The lowest BCUT2D eigenvalue weighted by Gasteiger charge is -2.36. The number of aryl methyl sites for hydroxylation is 1. The Balaban J connectivity index is 3.55. The van der Waals surface area contributed by atoms with Crippen LogP contribution in [0.1, 0.15) is 84.9 Å². The lowest BCUT2D eigenvalue weighted by atomic mass is 9.70. The zero-order chi connectivity index (χ0) is 18.8. The molecule has 138 valence electrons. The highest BCUT2D eigenvalue weighted by molar-refractivity contribution is 5.51. The van der Waals surface area contributed by atoms with Crippen molar-refractivity contribution in [2.45, 2.75) is 85.5 Å². The minimum absolute atomic E-state index is 0.0210. The van der Waals surface area contributed by atoms with Gasteiger partial charge in [0.1, 0.15) is 5.75 Å². The second-order valence-corrected chi connectivity index (χ2v) is 9.92. The fourth-order valence-electron chi connectivity index (χ4n) is 3.82. The van der Waals surface area contributed by atoms with Gasteiger partial charge in [-0.05, 0) is 41.1 Å². The SMILES string of the molecule is COc1c(C(C)(C)C)cc(CCCO)cc1C(C)(C)CC(C)(C)C. The van der Waals surface area contributed by atoms with Crippen LogP contribution in [0.15, 0.2) is 12.1 Å². The first-order valence-corrected chi connectivity index (χ1v) is 9.14. The van der Waals surface area contributed by atoms with Crippen molar-refractivity contribution in [3.8, 4) is 5.75 Å². The Bertz CT molecular complexity index is 542. The molecule has 0 atom stereocenters. The van der Waals surface area contributed by atoms with Gasteiger partial charge in [-0.1, -0.05) is 67.5 Å². The molecule has 0 amide bonds. The number of methoxy groups -OCH3 is 1. The molecule has 1 N–H and O–H groups in total. The van der Waals surface area contributed by atoms with Crippen LogP contribution in [0.25, 0.3) is 0 Å². The summed E-state index contributed by atoms with van der Waals surface area (Å²) in [5, 5.41) is 9.21. The highest BCUT2D eigenvalue weighted by atomic mass is 16.5. The second-order valence-electron chi connectivity index (χ2n) is 9.92. The Hall–Kier alpha value is -1.02. The number of aliphatic hydroxyl groups is 1. The number of ether oxygens (including phenoxy) is 1. The summed E-state index contributed by atoms with van der Waals surface area (Å²) in [6, 6.07) is 4.57. The van der Waals surface area contributed by atoms with Crippen molar-refractivity contribution in [2.24, 2.45) is 5.41 Å². The van der Waals surface area contributed by atoms with Crippen molar-refractivity contribution in [3.05, 3.63) is 28.8 Å². The Morgan fingerprint density at radius 1 is 0.917 bits per heavy atom. The Morgan fingerprint density at radius 3 is 1.88 bits per heavy atom. The van der Waals surface area contributed by atoms with Gasteiger partial charge >= 0.3 is 0 Å². The van der Waals surface area contributed by atoms with Crippen LogP contribution in [-0.2, 0) is 17.3 Å². The molecule has 24 heavy (non-hydrogen) atoms. The molecule has 0 heterocycles. The molecular formula is C22H38O2. The molecule has 0 aromatic heterocycles. The van der Waals surface area contributed by atoms with E-state index in [0.29, 0.717) is 0 Å². The molecule has 0 radical (unpaired) electrons. The van der Waals surface area contributed by atoms with Crippen molar-refractivity contribution in [1.29, 1.82) is 0 Å².